The zero-order valence-corrected chi connectivity index (χ0v) is 20.8. The number of thiocarbonyl (C=S) groups is 1. The van der Waals surface area contributed by atoms with Gasteiger partial charge >= 0.3 is 0 Å². The summed E-state index contributed by atoms with van der Waals surface area (Å²) in [5.41, 5.74) is 2.74. The van der Waals surface area contributed by atoms with Crippen molar-refractivity contribution in [1.29, 1.82) is 0 Å². The molecule has 1 N–H and O–H groups in total. The number of rotatable bonds is 4. The standard InChI is InChI=1S/C23H21ClN4O2S3/c24-17-5-2-1-4-16(17)18-12-32-22(25-18)26-20(29)13-33-23(31)27-9-14-8-15(11-27)19-6-3-7-21(30)28(19)10-14/h1-7,12,14-15H,8-11,13H2,(H,25,26,29)/t14-,15-/m1/s1. The zero-order valence-electron chi connectivity index (χ0n) is 17.6. The molecule has 2 bridgehead atoms. The Kier molecular flexibility index (Phi) is 6.56. The van der Waals surface area contributed by atoms with Gasteiger partial charge in [-0.05, 0) is 24.5 Å². The highest BCUT2D eigenvalue weighted by molar-refractivity contribution is 8.23. The number of fused-ring (bicyclic) bond motifs is 4. The first-order valence-corrected chi connectivity index (χ1v) is 13.2. The molecule has 2 aliphatic rings. The van der Waals surface area contributed by atoms with Crippen LogP contribution in [0.5, 0.6) is 0 Å². The summed E-state index contributed by atoms with van der Waals surface area (Å²) in [5.74, 6) is 0.762. The van der Waals surface area contributed by atoms with Crippen molar-refractivity contribution < 1.29 is 4.79 Å². The van der Waals surface area contributed by atoms with Crippen LogP contribution in [0, 0.1) is 5.92 Å². The summed E-state index contributed by atoms with van der Waals surface area (Å²) < 4.78 is 2.63. The summed E-state index contributed by atoms with van der Waals surface area (Å²) in [5, 5.41) is 5.90. The molecule has 4 heterocycles. The second-order valence-corrected chi connectivity index (χ2v) is 11.1. The highest BCUT2D eigenvalue weighted by Gasteiger charge is 2.35. The second-order valence-electron chi connectivity index (χ2n) is 8.22. The Morgan fingerprint density at radius 3 is 2.91 bits per heavy atom. The Bertz CT molecular complexity index is 1270. The Morgan fingerprint density at radius 1 is 1.21 bits per heavy atom. The lowest BCUT2D eigenvalue weighted by Crippen LogP contribution is -2.48. The number of hydrogen-bond acceptors (Lipinski definition) is 6. The number of thiazole rings is 1. The molecule has 3 aromatic rings. The fourth-order valence-corrected chi connectivity index (χ4v) is 6.49. The molecule has 2 atom stereocenters. The fourth-order valence-electron chi connectivity index (χ4n) is 4.54. The molecule has 0 spiro atoms. The number of carbonyl (C=O) groups is 1. The molecule has 0 aliphatic carbocycles. The van der Waals surface area contributed by atoms with Crippen molar-refractivity contribution in [2.45, 2.75) is 18.9 Å². The van der Waals surface area contributed by atoms with Crippen molar-refractivity contribution in [3.63, 3.8) is 0 Å². The van der Waals surface area contributed by atoms with Gasteiger partial charge in [0.2, 0.25) is 5.91 Å². The number of hydrogen-bond donors (Lipinski definition) is 1. The van der Waals surface area contributed by atoms with Crippen LogP contribution >= 0.6 is 46.9 Å². The van der Waals surface area contributed by atoms with Gasteiger partial charge in [0.1, 0.15) is 4.32 Å². The van der Waals surface area contributed by atoms with E-state index in [1.54, 1.807) is 6.07 Å². The molecule has 2 aromatic heterocycles. The molecule has 33 heavy (non-hydrogen) atoms. The lowest BCUT2D eigenvalue weighted by atomic mass is 9.83. The molecule has 0 saturated carbocycles. The van der Waals surface area contributed by atoms with E-state index >= 15 is 0 Å². The minimum Gasteiger partial charge on any atom is -0.356 e. The quantitative estimate of drug-likeness (QED) is 0.507. The predicted octanol–water partition coefficient (Wildman–Crippen LogP) is 4.70. The smallest absolute Gasteiger partial charge is 0.250 e. The molecule has 10 heteroatoms. The Morgan fingerprint density at radius 2 is 2.06 bits per heavy atom. The first-order valence-electron chi connectivity index (χ1n) is 10.6. The average Bonchev–Trinajstić information content (AvgIpc) is 3.26. The molecule has 6 nitrogen and oxygen atoms in total. The van der Waals surface area contributed by atoms with E-state index in [1.165, 1.54) is 23.1 Å². The number of halogens is 1. The number of piperidine rings is 1. The van der Waals surface area contributed by atoms with Crippen molar-refractivity contribution in [2.24, 2.45) is 5.92 Å². The van der Waals surface area contributed by atoms with Crippen LogP contribution in [0.25, 0.3) is 11.3 Å². The summed E-state index contributed by atoms with van der Waals surface area (Å²) >= 11 is 14.6. The summed E-state index contributed by atoms with van der Waals surface area (Å²) in [6.07, 6.45) is 1.07. The van der Waals surface area contributed by atoms with Gasteiger partial charge in [0, 0.05) is 53.3 Å². The topological polar surface area (TPSA) is 67.2 Å². The number of pyridine rings is 1. The molecular weight excluding hydrogens is 496 g/mol. The average molecular weight is 517 g/mol. The van der Waals surface area contributed by atoms with Crippen LogP contribution in [-0.4, -0.2) is 43.5 Å². The first-order chi connectivity index (χ1) is 16.0. The zero-order chi connectivity index (χ0) is 22.9. The van der Waals surface area contributed by atoms with Crippen LogP contribution in [0.2, 0.25) is 5.02 Å². The van der Waals surface area contributed by atoms with Crippen molar-refractivity contribution in [3.8, 4) is 11.3 Å². The number of nitrogens with one attached hydrogen (secondary N) is 1. The number of likely N-dealkylation sites (tertiary alicyclic amines) is 1. The van der Waals surface area contributed by atoms with Crippen molar-refractivity contribution in [2.75, 3.05) is 24.2 Å². The first kappa shape index (κ1) is 22.6. The van der Waals surface area contributed by atoms with Gasteiger partial charge in [-0.2, -0.15) is 0 Å². The van der Waals surface area contributed by atoms with E-state index in [2.05, 4.69) is 15.2 Å². The lowest BCUT2D eigenvalue weighted by Gasteiger charge is -2.43. The van der Waals surface area contributed by atoms with E-state index in [0.29, 0.717) is 16.1 Å². The van der Waals surface area contributed by atoms with Gasteiger partial charge in [0.25, 0.3) is 5.56 Å². The normalized spacial score (nSPS) is 19.1. The summed E-state index contributed by atoms with van der Waals surface area (Å²) in [7, 11) is 0. The third kappa shape index (κ3) is 4.87. The van der Waals surface area contributed by atoms with Crippen molar-refractivity contribution >= 4 is 62.3 Å². The van der Waals surface area contributed by atoms with E-state index < -0.39 is 0 Å². The van der Waals surface area contributed by atoms with Crippen molar-refractivity contribution in [1.82, 2.24) is 14.5 Å². The number of thioether (sulfide) groups is 1. The maximum absolute atomic E-state index is 12.5. The molecule has 1 fully saturated rings. The molecule has 0 unspecified atom stereocenters. The molecule has 0 radical (unpaired) electrons. The molecule has 1 aromatic carbocycles. The lowest BCUT2D eigenvalue weighted by molar-refractivity contribution is -0.113. The molecule has 5 rings (SSSR count). The number of anilines is 1. The van der Waals surface area contributed by atoms with Gasteiger partial charge in [-0.1, -0.05) is 59.8 Å². The highest BCUT2D eigenvalue weighted by atomic mass is 35.5. The number of benzene rings is 1. The molecule has 1 amide bonds. The largest absolute Gasteiger partial charge is 0.356 e. The van der Waals surface area contributed by atoms with Crippen LogP contribution in [0.3, 0.4) is 0 Å². The van der Waals surface area contributed by atoms with Crippen LogP contribution in [0.15, 0.2) is 52.6 Å². The number of aromatic nitrogens is 2. The third-order valence-electron chi connectivity index (χ3n) is 5.97. The number of carbonyl (C=O) groups excluding carboxylic acids is 1. The van der Waals surface area contributed by atoms with Gasteiger partial charge in [0.15, 0.2) is 5.13 Å². The fraction of sp³-hybridized carbons (Fsp3) is 0.304. The Hall–Kier alpha value is -2.20. The minimum absolute atomic E-state index is 0.0733. The van der Waals surface area contributed by atoms with Gasteiger partial charge < -0.3 is 14.8 Å². The summed E-state index contributed by atoms with van der Waals surface area (Å²) in [6, 6.07) is 13.0. The molecule has 170 valence electrons. The molecule has 1 saturated heterocycles. The van der Waals surface area contributed by atoms with Gasteiger partial charge in [-0.25, -0.2) is 4.98 Å². The van der Waals surface area contributed by atoms with E-state index in [1.807, 2.05) is 46.3 Å². The SMILES string of the molecule is O=C(CSC(=S)N1C[C@H]2C[C@H](C1)c1cccc(=O)n1C2)Nc1nc(-c2ccccc2Cl)cs1. The van der Waals surface area contributed by atoms with Crippen LogP contribution < -0.4 is 10.9 Å². The van der Waals surface area contributed by atoms with Crippen molar-refractivity contribution in [3.05, 3.63) is 68.9 Å². The second kappa shape index (κ2) is 9.58. The highest BCUT2D eigenvalue weighted by Crippen LogP contribution is 2.36. The molecular formula is C23H21ClN4O2S3. The monoisotopic (exact) mass is 516 g/mol. The molecule has 2 aliphatic heterocycles. The summed E-state index contributed by atoms with van der Waals surface area (Å²) in [6.45, 7) is 2.33. The van der Waals surface area contributed by atoms with Crippen LogP contribution in [0.4, 0.5) is 5.13 Å². The Balaban J connectivity index is 1.16. The van der Waals surface area contributed by atoms with E-state index in [0.717, 1.165) is 47.3 Å². The van der Waals surface area contributed by atoms with Gasteiger partial charge in [0.05, 0.1) is 11.4 Å². The van der Waals surface area contributed by atoms with Crippen LogP contribution in [0.1, 0.15) is 18.0 Å². The van der Waals surface area contributed by atoms with E-state index in [4.69, 9.17) is 23.8 Å². The van der Waals surface area contributed by atoms with Gasteiger partial charge in [-0.3, -0.25) is 9.59 Å². The number of amides is 1. The minimum atomic E-state index is -0.142. The number of nitrogens with zero attached hydrogens (tertiary/aromatic N) is 3. The maximum Gasteiger partial charge on any atom is 0.250 e. The third-order valence-corrected chi connectivity index (χ3v) is 8.58. The predicted molar refractivity (Wildman–Crippen MR) is 139 cm³/mol. The van der Waals surface area contributed by atoms with Gasteiger partial charge in [-0.15, -0.1) is 11.3 Å². The summed E-state index contributed by atoms with van der Waals surface area (Å²) in [4.78, 5) is 31.4. The maximum atomic E-state index is 12.5. The van der Waals surface area contributed by atoms with E-state index in [9.17, 15) is 9.59 Å². The van der Waals surface area contributed by atoms with Crippen LogP contribution in [-0.2, 0) is 11.3 Å². The van der Waals surface area contributed by atoms with E-state index in [-0.39, 0.29) is 23.1 Å². The Labute approximate surface area is 210 Å².